The summed E-state index contributed by atoms with van der Waals surface area (Å²) in [6.45, 7) is 6.08. The molecule has 0 aromatic heterocycles. The monoisotopic (exact) mass is 199 g/mol. The van der Waals surface area contributed by atoms with E-state index in [1.54, 1.807) is 20.8 Å². The van der Waals surface area contributed by atoms with Crippen LogP contribution in [0, 0.1) is 0 Å². The summed E-state index contributed by atoms with van der Waals surface area (Å²) in [6.07, 6.45) is 0.484. The Morgan fingerprint density at radius 3 is 2.79 bits per heavy atom. The van der Waals surface area contributed by atoms with Crippen LogP contribution in [0.25, 0.3) is 0 Å². The molecule has 80 valence electrons. The van der Waals surface area contributed by atoms with Crippen LogP contribution in [-0.2, 0) is 9.53 Å². The fourth-order valence-corrected chi connectivity index (χ4v) is 1.43. The Kier molecular flexibility index (Phi) is 3.16. The highest BCUT2D eigenvalue weighted by molar-refractivity contribution is 5.88. The highest BCUT2D eigenvalue weighted by Gasteiger charge is 2.30. The Labute approximate surface area is 83.9 Å². The molecule has 0 saturated carbocycles. The lowest BCUT2D eigenvalue weighted by Gasteiger charge is -2.11. The minimum atomic E-state index is -0.747. The molecule has 14 heavy (non-hydrogen) atoms. The lowest BCUT2D eigenvalue weighted by molar-refractivity contribution is -0.138. The summed E-state index contributed by atoms with van der Waals surface area (Å²) >= 11 is 0. The van der Waals surface area contributed by atoms with E-state index in [1.165, 1.54) is 0 Å². The predicted molar refractivity (Wildman–Crippen MR) is 52.6 cm³/mol. The van der Waals surface area contributed by atoms with Gasteiger partial charge in [-0.3, -0.25) is 0 Å². The third-order valence-corrected chi connectivity index (χ3v) is 2.27. The van der Waals surface area contributed by atoms with Crippen molar-refractivity contribution in [2.45, 2.75) is 32.8 Å². The zero-order valence-electron chi connectivity index (χ0n) is 8.89. The molecular formula is C10H17NO3. The van der Waals surface area contributed by atoms with Crippen LogP contribution in [0.15, 0.2) is 11.3 Å². The maximum Gasteiger partial charge on any atom is 0.335 e. The molecular weight excluding hydrogens is 182 g/mol. The van der Waals surface area contributed by atoms with Crippen LogP contribution in [0.1, 0.15) is 27.2 Å². The number of ether oxygens (including phenoxy) is 1. The van der Waals surface area contributed by atoms with Gasteiger partial charge in [-0.15, -0.1) is 0 Å². The molecule has 0 amide bonds. The Morgan fingerprint density at radius 1 is 1.71 bits per heavy atom. The second-order valence-electron chi connectivity index (χ2n) is 3.85. The van der Waals surface area contributed by atoms with E-state index in [1.807, 2.05) is 0 Å². The molecule has 0 radical (unpaired) electrons. The van der Waals surface area contributed by atoms with Crippen molar-refractivity contribution in [2.24, 2.45) is 0 Å². The lowest BCUT2D eigenvalue weighted by Crippen LogP contribution is -2.26. The average Bonchev–Trinajstić information content (AvgIpc) is 2.45. The van der Waals surface area contributed by atoms with Crippen LogP contribution in [0.4, 0.5) is 0 Å². The molecule has 0 aromatic carbocycles. The van der Waals surface area contributed by atoms with Crippen LogP contribution in [0.5, 0.6) is 0 Å². The summed E-state index contributed by atoms with van der Waals surface area (Å²) in [6, 6.07) is 0. The Hall–Kier alpha value is -1.03. The van der Waals surface area contributed by atoms with E-state index in [0.29, 0.717) is 25.1 Å². The SMILES string of the molecule is CCOC(=O)/C(C)=C1\CC(C)(O)CN1. The van der Waals surface area contributed by atoms with Gasteiger partial charge >= 0.3 is 5.97 Å². The van der Waals surface area contributed by atoms with Gasteiger partial charge in [0.2, 0.25) is 0 Å². The van der Waals surface area contributed by atoms with E-state index < -0.39 is 5.60 Å². The van der Waals surface area contributed by atoms with E-state index in [-0.39, 0.29) is 5.97 Å². The van der Waals surface area contributed by atoms with Gasteiger partial charge in [-0.1, -0.05) is 0 Å². The number of carbonyl (C=O) groups excluding carboxylic acids is 1. The molecule has 0 aromatic rings. The second-order valence-corrected chi connectivity index (χ2v) is 3.85. The van der Waals surface area contributed by atoms with Crippen molar-refractivity contribution in [3.63, 3.8) is 0 Å². The van der Waals surface area contributed by atoms with Gasteiger partial charge in [-0.05, 0) is 20.8 Å². The number of carbonyl (C=O) groups is 1. The highest BCUT2D eigenvalue weighted by Crippen LogP contribution is 2.23. The van der Waals surface area contributed by atoms with Crippen molar-refractivity contribution in [3.8, 4) is 0 Å². The van der Waals surface area contributed by atoms with E-state index in [0.717, 1.165) is 5.70 Å². The zero-order valence-corrected chi connectivity index (χ0v) is 8.89. The number of esters is 1. The lowest BCUT2D eigenvalue weighted by atomic mass is 10.0. The number of nitrogens with one attached hydrogen (secondary N) is 1. The smallest absolute Gasteiger partial charge is 0.335 e. The first kappa shape index (κ1) is 11.0. The van der Waals surface area contributed by atoms with Crippen LogP contribution < -0.4 is 5.32 Å². The Bertz CT molecular complexity index is 269. The van der Waals surface area contributed by atoms with E-state index in [4.69, 9.17) is 4.74 Å². The molecule has 1 aliphatic heterocycles. The molecule has 0 bridgehead atoms. The van der Waals surface area contributed by atoms with Gasteiger partial charge in [-0.25, -0.2) is 4.79 Å². The largest absolute Gasteiger partial charge is 0.463 e. The van der Waals surface area contributed by atoms with Crippen molar-refractivity contribution in [1.29, 1.82) is 0 Å². The summed E-state index contributed by atoms with van der Waals surface area (Å²) in [5.74, 6) is -0.312. The predicted octanol–water partition coefficient (Wildman–Crippen LogP) is 0.568. The molecule has 1 aliphatic rings. The van der Waals surface area contributed by atoms with Gasteiger partial charge in [0, 0.05) is 18.7 Å². The van der Waals surface area contributed by atoms with Crippen LogP contribution in [0.2, 0.25) is 0 Å². The number of hydrogen-bond acceptors (Lipinski definition) is 4. The first-order valence-electron chi connectivity index (χ1n) is 4.79. The maximum atomic E-state index is 11.3. The first-order valence-corrected chi connectivity index (χ1v) is 4.79. The summed E-state index contributed by atoms with van der Waals surface area (Å²) in [5.41, 5.74) is 0.599. The minimum absolute atomic E-state index is 0.312. The fraction of sp³-hybridized carbons (Fsp3) is 0.700. The van der Waals surface area contributed by atoms with E-state index >= 15 is 0 Å². The van der Waals surface area contributed by atoms with Crippen molar-refractivity contribution in [2.75, 3.05) is 13.2 Å². The summed E-state index contributed by atoms with van der Waals surface area (Å²) in [7, 11) is 0. The van der Waals surface area contributed by atoms with Gasteiger partial charge in [0.25, 0.3) is 0 Å². The molecule has 1 fully saturated rings. The second kappa shape index (κ2) is 4.00. The van der Waals surface area contributed by atoms with Crippen molar-refractivity contribution < 1.29 is 14.6 Å². The topological polar surface area (TPSA) is 58.6 Å². The van der Waals surface area contributed by atoms with Crippen LogP contribution in [-0.4, -0.2) is 29.8 Å². The maximum absolute atomic E-state index is 11.3. The number of β-amino-alcohol motifs (C(OH)–C–C–N with tert-alkyl or cyclic N) is 1. The summed E-state index contributed by atoms with van der Waals surface area (Å²) < 4.78 is 4.87. The molecule has 4 nitrogen and oxygen atoms in total. The van der Waals surface area contributed by atoms with Crippen molar-refractivity contribution in [3.05, 3.63) is 11.3 Å². The van der Waals surface area contributed by atoms with Gasteiger partial charge in [0.1, 0.15) is 0 Å². The third-order valence-electron chi connectivity index (χ3n) is 2.27. The summed E-state index contributed by atoms with van der Waals surface area (Å²) in [5, 5.41) is 12.7. The minimum Gasteiger partial charge on any atom is -0.463 e. The Balaban J connectivity index is 2.71. The van der Waals surface area contributed by atoms with Gasteiger partial charge in [0.05, 0.1) is 17.8 Å². The number of hydrogen-bond donors (Lipinski definition) is 2. The van der Waals surface area contributed by atoms with Gasteiger partial charge < -0.3 is 15.2 Å². The molecule has 1 saturated heterocycles. The molecule has 1 atom stereocenters. The summed E-state index contributed by atoms with van der Waals surface area (Å²) in [4.78, 5) is 11.3. The quantitative estimate of drug-likeness (QED) is 0.504. The van der Waals surface area contributed by atoms with E-state index in [9.17, 15) is 9.90 Å². The first-order chi connectivity index (χ1) is 6.46. The van der Waals surface area contributed by atoms with Crippen LogP contribution >= 0.6 is 0 Å². The average molecular weight is 199 g/mol. The van der Waals surface area contributed by atoms with Gasteiger partial charge in [-0.2, -0.15) is 0 Å². The van der Waals surface area contributed by atoms with Crippen molar-refractivity contribution >= 4 is 5.97 Å². The highest BCUT2D eigenvalue weighted by atomic mass is 16.5. The number of rotatable bonds is 2. The van der Waals surface area contributed by atoms with Gasteiger partial charge in [0.15, 0.2) is 0 Å². The normalized spacial score (nSPS) is 29.7. The molecule has 1 heterocycles. The standard InChI is InChI=1S/C10H17NO3/c1-4-14-9(12)7(2)8-5-10(3,13)6-11-8/h11,13H,4-6H2,1-3H3/b8-7+. The molecule has 4 heteroatoms. The molecule has 0 spiro atoms. The molecule has 2 N–H and O–H groups in total. The fourth-order valence-electron chi connectivity index (χ4n) is 1.43. The third kappa shape index (κ3) is 2.48. The van der Waals surface area contributed by atoms with Crippen molar-refractivity contribution in [1.82, 2.24) is 5.32 Å². The van der Waals surface area contributed by atoms with E-state index in [2.05, 4.69) is 5.32 Å². The number of aliphatic hydroxyl groups is 1. The molecule has 1 unspecified atom stereocenters. The molecule has 1 rings (SSSR count). The molecule has 0 aliphatic carbocycles. The zero-order chi connectivity index (χ0) is 10.8. The Morgan fingerprint density at radius 2 is 2.36 bits per heavy atom. The van der Waals surface area contributed by atoms with Crippen LogP contribution in [0.3, 0.4) is 0 Å².